The number of ether oxygens (including phenoxy) is 1. The maximum Gasteiger partial charge on any atom is 0.224 e. The van der Waals surface area contributed by atoms with Gasteiger partial charge in [0.25, 0.3) is 0 Å². The Morgan fingerprint density at radius 3 is 2.59 bits per heavy atom. The quantitative estimate of drug-likeness (QED) is 0.498. The van der Waals surface area contributed by atoms with Crippen molar-refractivity contribution in [2.24, 2.45) is 12.8 Å². The van der Waals surface area contributed by atoms with Crippen molar-refractivity contribution in [3.05, 3.63) is 101 Å². The summed E-state index contributed by atoms with van der Waals surface area (Å²) in [5, 5.41) is 14.7. The van der Waals surface area contributed by atoms with Crippen LogP contribution in [0.1, 0.15) is 52.9 Å². The number of aromatic nitrogens is 5. The Morgan fingerprint density at radius 2 is 1.88 bits per heavy atom. The molecule has 0 amide bonds. The van der Waals surface area contributed by atoms with E-state index < -0.39 is 0 Å². The molecule has 8 nitrogen and oxygen atoms in total. The molecule has 168 valence electrons. The Kier molecular flexibility index (Phi) is 4.69. The fourth-order valence-electron chi connectivity index (χ4n) is 4.72. The first-order valence-electron chi connectivity index (χ1n) is 11.3. The van der Waals surface area contributed by atoms with Crippen LogP contribution in [0.4, 0.5) is 0 Å². The molecule has 6 rings (SSSR count). The van der Waals surface area contributed by atoms with Gasteiger partial charge in [0, 0.05) is 49.9 Å². The molecule has 34 heavy (non-hydrogen) atoms. The summed E-state index contributed by atoms with van der Waals surface area (Å²) in [7, 11) is 1.83. The Labute approximate surface area is 196 Å². The van der Waals surface area contributed by atoms with Crippen LogP contribution >= 0.6 is 0 Å². The Balaban J connectivity index is 1.43. The number of benzene rings is 1. The van der Waals surface area contributed by atoms with E-state index in [9.17, 15) is 5.26 Å². The van der Waals surface area contributed by atoms with Gasteiger partial charge in [-0.2, -0.15) is 10.4 Å². The molecule has 4 heterocycles. The maximum absolute atomic E-state index is 10.00. The van der Waals surface area contributed by atoms with Crippen molar-refractivity contribution in [1.29, 1.82) is 5.26 Å². The lowest BCUT2D eigenvalue weighted by Crippen LogP contribution is -2.22. The van der Waals surface area contributed by atoms with Gasteiger partial charge in [0.05, 0.1) is 17.2 Å². The summed E-state index contributed by atoms with van der Waals surface area (Å²) in [6, 6.07) is 14.5. The minimum Gasteiger partial charge on any atom is -0.422 e. The fraction of sp³-hybridized carbons (Fsp3) is 0.231. The van der Waals surface area contributed by atoms with E-state index in [-0.39, 0.29) is 11.8 Å². The molecule has 1 fully saturated rings. The molecule has 2 aliphatic rings. The predicted molar refractivity (Wildman–Crippen MR) is 125 cm³/mol. The molecule has 0 spiro atoms. The first kappa shape index (κ1) is 20.2. The molecule has 0 bridgehead atoms. The number of rotatable bonds is 5. The lowest BCUT2D eigenvalue weighted by atomic mass is 9.83. The van der Waals surface area contributed by atoms with Crippen LogP contribution in [0.25, 0.3) is 5.69 Å². The monoisotopic (exact) mass is 449 g/mol. The first-order chi connectivity index (χ1) is 16.6. The number of nitrogens with two attached hydrogens (primary N) is 1. The van der Waals surface area contributed by atoms with Gasteiger partial charge in [-0.3, -0.25) is 4.98 Å². The van der Waals surface area contributed by atoms with Gasteiger partial charge in [0.2, 0.25) is 11.8 Å². The summed E-state index contributed by atoms with van der Waals surface area (Å²) in [6.07, 6.45) is 10.4. The predicted octanol–water partition coefficient (Wildman–Crippen LogP) is 3.69. The minimum absolute atomic E-state index is 0.119. The van der Waals surface area contributed by atoms with E-state index in [1.807, 2.05) is 31.6 Å². The van der Waals surface area contributed by atoms with E-state index in [1.54, 1.807) is 17.1 Å². The molecular weight excluding hydrogens is 426 g/mol. The normalized spacial score (nSPS) is 17.2. The third-order valence-electron chi connectivity index (χ3n) is 6.51. The third kappa shape index (κ3) is 3.33. The largest absolute Gasteiger partial charge is 0.422 e. The molecule has 2 N–H and O–H groups in total. The van der Waals surface area contributed by atoms with Crippen LogP contribution in [-0.4, -0.2) is 24.3 Å². The minimum atomic E-state index is -0.362. The lowest BCUT2D eigenvalue weighted by molar-refractivity contribution is 0.358. The highest BCUT2D eigenvalue weighted by Crippen LogP contribution is 2.44. The highest BCUT2D eigenvalue weighted by molar-refractivity contribution is 5.57. The molecule has 1 aliphatic carbocycles. The zero-order valence-corrected chi connectivity index (χ0v) is 18.7. The van der Waals surface area contributed by atoms with Gasteiger partial charge in [-0.25, -0.2) is 9.67 Å². The van der Waals surface area contributed by atoms with Crippen molar-refractivity contribution < 1.29 is 4.74 Å². The summed E-state index contributed by atoms with van der Waals surface area (Å²) in [6.45, 7) is 0. The average Bonchev–Trinajstić information content (AvgIpc) is 3.51. The van der Waals surface area contributed by atoms with E-state index in [1.165, 1.54) is 12.8 Å². The summed E-state index contributed by atoms with van der Waals surface area (Å²) in [5.74, 6) is 1.98. The van der Waals surface area contributed by atoms with Crippen LogP contribution in [-0.2, 0) is 13.5 Å². The van der Waals surface area contributed by atoms with Crippen molar-refractivity contribution >= 4 is 0 Å². The molecule has 1 aliphatic heterocycles. The Bertz CT molecular complexity index is 1440. The number of nitrogens with zero attached hydrogens (tertiary/aromatic N) is 6. The number of nitriles is 1. The average molecular weight is 450 g/mol. The van der Waals surface area contributed by atoms with Crippen LogP contribution in [0.2, 0.25) is 0 Å². The van der Waals surface area contributed by atoms with Gasteiger partial charge in [0.15, 0.2) is 0 Å². The smallest absolute Gasteiger partial charge is 0.224 e. The van der Waals surface area contributed by atoms with Gasteiger partial charge in [-0.05, 0) is 48.2 Å². The molecule has 8 heteroatoms. The van der Waals surface area contributed by atoms with E-state index in [0.29, 0.717) is 23.8 Å². The van der Waals surface area contributed by atoms with E-state index in [2.05, 4.69) is 44.9 Å². The van der Waals surface area contributed by atoms with Crippen molar-refractivity contribution in [3.8, 4) is 17.6 Å². The Morgan fingerprint density at radius 1 is 1.12 bits per heavy atom. The van der Waals surface area contributed by atoms with Crippen LogP contribution in [0.5, 0.6) is 5.88 Å². The summed E-state index contributed by atoms with van der Waals surface area (Å²) in [4.78, 5) is 8.65. The molecule has 0 saturated heterocycles. The zero-order valence-electron chi connectivity index (χ0n) is 18.7. The number of hydrogen-bond donors (Lipinski definition) is 1. The number of fused-ring (bicyclic) bond motifs is 1. The number of imidazole rings is 1. The standard InChI is InChI=1S/C26H23N7O/c1-32-26-23(21(31-32)14-16-8-10-29-11-9-16)22(20(15-27)24(28)34-26)17-4-6-19(7-5-17)33-13-12-30-25(33)18-2-3-18/h4-13,18,22H,2-3,14,28H2,1H3. The van der Waals surface area contributed by atoms with Gasteiger partial charge in [-0.1, -0.05) is 12.1 Å². The second-order valence-electron chi connectivity index (χ2n) is 8.77. The van der Waals surface area contributed by atoms with Gasteiger partial charge in [0.1, 0.15) is 17.5 Å². The second-order valence-corrected chi connectivity index (χ2v) is 8.77. The number of aryl methyl sites for hydroxylation is 1. The van der Waals surface area contributed by atoms with Crippen LogP contribution in [0.3, 0.4) is 0 Å². The second kappa shape index (κ2) is 7.89. The maximum atomic E-state index is 10.00. The molecule has 3 aromatic heterocycles. The number of allylic oxidation sites excluding steroid dienone is 1. The molecular formula is C26H23N7O. The van der Waals surface area contributed by atoms with Crippen LogP contribution in [0.15, 0.2) is 72.6 Å². The lowest BCUT2D eigenvalue weighted by Gasteiger charge is -2.25. The molecule has 4 aromatic rings. The van der Waals surface area contributed by atoms with Crippen molar-refractivity contribution in [2.45, 2.75) is 31.1 Å². The van der Waals surface area contributed by atoms with Crippen LogP contribution < -0.4 is 10.5 Å². The summed E-state index contributed by atoms with van der Waals surface area (Å²) < 4.78 is 9.72. The van der Waals surface area contributed by atoms with E-state index in [0.717, 1.165) is 33.9 Å². The molecule has 1 unspecified atom stereocenters. The first-order valence-corrected chi connectivity index (χ1v) is 11.3. The molecule has 1 saturated carbocycles. The van der Waals surface area contributed by atoms with E-state index >= 15 is 0 Å². The third-order valence-corrected chi connectivity index (χ3v) is 6.51. The zero-order chi connectivity index (χ0) is 23.2. The SMILES string of the molecule is Cn1nc(Cc2ccncc2)c2c1OC(N)=C(C#N)C2c1ccc(-n2ccnc2C2CC2)cc1. The van der Waals surface area contributed by atoms with Crippen molar-refractivity contribution in [1.82, 2.24) is 24.3 Å². The number of pyridine rings is 1. The molecule has 1 atom stereocenters. The van der Waals surface area contributed by atoms with Crippen molar-refractivity contribution in [3.63, 3.8) is 0 Å². The summed E-state index contributed by atoms with van der Waals surface area (Å²) >= 11 is 0. The number of hydrogen-bond acceptors (Lipinski definition) is 6. The van der Waals surface area contributed by atoms with E-state index in [4.69, 9.17) is 15.6 Å². The van der Waals surface area contributed by atoms with Crippen LogP contribution in [0, 0.1) is 11.3 Å². The topological polar surface area (TPSA) is 108 Å². The fourth-order valence-corrected chi connectivity index (χ4v) is 4.72. The summed E-state index contributed by atoms with van der Waals surface area (Å²) in [5.41, 5.74) is 11.4. The highest BCUT2D eigenvalue weighted by atomic mass is 16.5. The van der Waals surface area contributed by atoms with Gasteiger partial charge >= 0.3 is 0 Å². The highest BCUT2D eigenvalue weighted by Gasteiger charge is 2.36. The van der Waals surface area contributed by atoms with Gasteiger partial charge in [-0.15, -0.1) is 0 Å². The van der Waals surface area contributed by atoms with Crippen molar-refractivity contribution in [2.75, 3.05) is 0 Å². The molecule has 1 aromatic carbocycles. The molecule has 0 radical (unpaired) electrons. The Hall–Kier alpha value is -4.38. The van der Waals surface area contributed by atoms with Gasteiger partial charge < -0.3 is 15.0 Å².